The van der Waals surface area contributed by atoms with E-state index in [1.165, 1.54) is 30.0 Å². The van der Waals surface area contributed by atoms with Gasteiger partial charge >= 0.3 is 0 Å². The van der Waals surface area contributed by atoms with Gasteiger partial charge in [-0.25, -0.2) is 8.78 Å². The average molecular weight is 438 g/mol. The van der Waals surface area contributed by atoms with Gasteiger partial charge in [0.2, 0.25) is 5.91 Å². The molecular weight excluding hydrogens is 419 g/mol. The Morgan fingerprint density at radius 3 is 2.52 bits per heavy atom. The molecule has 1 heterocycles. The number of carbonyl (C=O) groups excluding carboxylic acids is 2. The highest BCUT2D eigenvalue weighted by molar-refractivity contribution is 6.40. The summed E-state index contributed by atoms with van der Waals surface area (Å²) in [6, 6.07) is 6.80. The van der Waals surface area contributed by atoms with Crippen molar-refractivity contribution in [2.45, 2.75) is 26.2 Å². The van der Waals surface area contributed by atoms with Crippen molar-refractivity contribution in [3.05, 3.63) is 69.2 Å². The van der Waals surface area contributed by atoms with Gasteiger partial charge in [-0.1, -0.05) is 35.3 Å². The molecule has 1 unspecified atom stereocenters. The Morgan fingerprint density at radius 1 is 1.21 bits per heavy atom. The SMILES string of the molecule is CC(=O)/C=C/c1cc(Cl)c(N2CC(Cc3ccc(F)cc3F)CCC2=O)c(Cl)c1. The van der Waals surface area contributed by atoms with Gasteiger partial charge in [-0.3, -0.25) is 9.59 Å². The largest absolute Gasteiger partial charge is 0.309 e. The van der Waals surface area contributed by atoms with Crippen LogP contribution in [0.2, 0.25) is 10.0 Å². The van der Waals surface area contributed by atoms with E-state index in [1.54, 1.807) is 18.2 Å². The molecule has 2 aromatic carbocycles. The van der Waals surface area contributed by atoms with Gasteiger partial charge in [-0.2, -0.15) is 0 Å². The summed E-state index contributed by atoms with van der Waals surface area (Å²) in [6.45, 7) is 1.77. The number of benzene rings is 2. The van der Waals surface area contributed by atoms with Gasteiger partial charge in [0.05, 0.1) is 15.7 Å². The Labute approximate surface area is 177 Å². The van der Waals surface area contributed by atoms with Crippen molar-refractivity contribution in [1.82, 2.24) is 0 Å². The molecule has 0 saturated carbocycles. The summed E-state index contributed by atoms with van der Waals surface area (Å²) in [5.41, 5.74) is 1.46. The molecular formula is C22H19Cl2F2NO2. The molecule has 29 heavy (non-hydrogen) atoms. The lowest BCUT2D eigenvalue weighted by Gasteiger charge is -2.34. The number of ketones is 1. The number of hydrogen-bond donors (Lipinski definition) is 0. The van der Waals surface area contributed by atoms with E-state index in [2.05, 4.69) is 0 Å². The number of carbonyl (C=O) groups is 2. The molecule has 0 aliphatic carbocycles. The highest BCUT2D eigenvalue weighted by atomic mass is 35.5. The Hall–Kier alpha value is -2.24. The Balaban J connectivity index is 1.83. The smallest absolute Gasteiger partial charge is 0.227 e. The normalized spacial score (nSPS) is 17.2. The van der Waals surface area contributed by atoms with Crippen LogP contribution in [-0.2, 0) is 16.0 Å². The molecule has 1 fully saturated rings. The molecule has 1 saturated heterocycles. The fraction of sp³-hybridized carbons (Fsp3) is 0.273. The molecule has 0 spiro atoms. The molecule has 1 aliphatic heterocycles. The van der Waals surface area contributed by atoms with E-state index in [9.17, 15) is 18.4 Å². The van der Waals surface area contributed by atoms with Crippen molar-refractivity contribution in [2.75, 3.05) is 11.4 Å². The van der Waals surface area contributed by atoms with Crippen LogP contribution in [0.15, 0.2) is 36.4 Å². The first-order valence-electron chi connectivity index (χ1n) is 9.16. The number of rotatable bonds is 5. The molecule has 152 valence electrons. The number of hydrogen-bond acceptors (Lipinski definition) is 2. The van der Waals surface area contributed by atoms with Crippen molar-refractivity contribution < 1.29 is 18.4 Å². The molecule has 0 radical (unpaired) electrons. The fourth-order valence-electron chi connectivity index (χ4n) is 3.45. The van der Waals surface area contributed by atoms with Gasteiger partial charge in [0.25, 0.3) is 0 Å². The van der Waals surface area contributed by atoms with E-state index < -0.39 is 11.6 Å². The van der Waals surface area contributed by atoms with E-state index in [1.807, 2.05) is 0 Å². The van der Waals surface area contributed by atoms with Crippen molar-refractivity contribution >= 4 is 46.7 Å². The second-order valence-electron chi connectivity index (χ2n) is 7.13. The summed E-state index contributed by atoms with van der Waals surface area (Å²) in [7, 11) is 0. The lowest BCUT2D eigenvalue weighted by molar-refractivity contribution is -0.120. The lowest BCUT2D eigenvalue weighted by atomic mass is 9.90. The third-order valence-corrected chi connectivity index (χ3v) is 5.43. The standard InChI is InChI=1S/C22H19Cl2F2NO2/c1-13(28)2-3-14-9-18(23)22(19(24)10-14)27-12-15(4-7-21(27)29)8-16-5-6-17(25)11-20(16)26/h2-3,5-6,9-11,15H,4,7-8,12H2,1H3/b3-2+. The number of piperidine rings is 1. The predicted octanol–water partition coefficient (Wildman–Crippen LogP) is 5.86. The number of allylic oxidation sites excluding steroid dienone is 1. The Morgan fingerprint density at radius 2 is 1.90 bits per heavy atom. The quantitative estimate of drug-likeness (QED) is 0.549. The summed E-state index contributed by atoms with van der Waals surface area (Å²) < 4.78 is 27.1. The van der Waals surface area contributed by atoms with Gasteiger partial charge in [-0.15, -0.1) is 0 Å². The number of nitrogens with zero attached hydrogens (tertiary/aromatic N) is 1. The van der Waals surface area contributed by atoms with Crippen LogP contribution in [0.5, 0.6) is 0 Å². The van der Waals surface area contributed by atoms with Crippen molar-refractivity contribution in [2.24, 2.45) is 5.92 Å². The van der Waals surface area contributed by atoms with Crippen LogP contribution in [-0.4, -0.2) is 18.2 Å². The predicted molar refractivity (Wildman–Crippen MR) is 111 cm³/mol. The van der Waals surface area contributed by atoms with Crippen LogP contribution in [0, 0.1) is 17.6 Å². The lowest BCUT2D eigenvalue weighted by Crippen LogP contribution is -2.41. The zero-order chi connectivity index (χ0) is 21.1. The van der Waals surface area contributed by atoms with Gasteiger partial charge in [0.15, 0.2) is 5.78 Å². The topological polar surface area (TPSA) is 37.4 Å². The summed E-state index contributed by atoms with van der Waals surface area (Å²) >= 11 is 12.8. The molecule has 7 heteroatoms. The molecule has 1 aliphatic rings. The maximum atomic E-state index is 14.0. The van der Waals surface area contributed by atoms with Gasteiger partial charge in [0, 0.05) is 19.0 Å². The van der Waals surface area contributed by atoms with Crippen molar-refractivity contribution in [3.8, 4) is 0 Å². The molecule has 3 nitrogen and oxygen atoms in total. The highest BCUT2D eigenvalue weighted by Gasteiger charge is 2.30. The molecule has 0 N–H and O–H groups in total. The summed E-state index contributed by atoms with van der Waals surface area (Å²) in [5, 5.41) is 0.588. The molecule has 2 aromatic rings. The summed E-state index contributed by atoms with van der Waals surface area (Å²) in [4.78, 5) is 25.2. The van der Waals surface area contributed by atoms with E-state index in [0.29, 0.717) is 46.2 Å². The molecule has 1 atom stereocenters. The van der Waals surface area contributed by atoms with E-state index >= 15 is 0 Å². The minimum atomic E-state index is -0.621. The molecule has 0 bridgehead atoms. The van der Waals surface area contributed by atoms with Crippen LogP contribution in [0.4, 0.5) is 14.5 Å². The summed E-state index contributed by atoms with van der Waals surface area (Å²) in [6.07, 6.45) is 4.26. The first-order chi connectivity index (χ1) is 13.7. The van der Waals surface area contributed by atoms with Crippen molar-refractivity contribution in [1.29, 1.82) is 0 Å². The second-order valence-corrected chi connectivity index (χ2v) is 7.94. The molecule has 0 aromatic heterocycles. The second kappa shape index (κ2) is 9.06. The maximum absolute atomic E-state index is 14.0. The Bertz CT molecular complexity index is 968. The van der Waals surface area contributed by atoms with Crippen molar-refractivity contribution in [3.63, 3.8) is 0 Å². The van der Waals surface area contributed by atoms with Crippen LogP contribution < -0.4 is 4.90 Å². The Kier molecular flexibility index (Phi) is 6.70. The summed E-state index contributed by atoms with van der Waals surface area (Å²) in [5.74, 6) is -1.45. The number of amides is 1. The van der Waals surface area contributed by atoms with Gasteiger partial charge in [-0.05, 0) is 61.1 Å². The van der Waals surface area contributed by atoms with E-state index in [0.717, 1.165) is 6.07 Å². The van der Waals surface area contributed by atoms with Gasteiger partial charge in [0.1, 0.15) is 11.6 Å². The van der Waals surface area contributed by atoms with Gasteiger partial charge < -0.3 is 4.90 Å². The van der Waals surface area contributed by atoms with E-state index in [-0.39, 0.29) is 24.0 Å². The third-order valence-electron chi connectivity index (χ3n) is 4.85. The van der Waals surface area contributed by atoms with Crippen LogP contribution in [0.25, 0.3) is 6.08 Å². The molecule has 3 rings (SSSR count). The fourth-order valence-corrected chi connectivity index (χ4v) is 4.16. The minimum Gasteiger partial charge on any atom is -0.309 e. The number of anilines is 1. The minimum absolute atomic E-state index is 0.0166. The highest BCUT2D eigenvalue weighted by Crippen LogP contribution is 2.38. The average Bonchev–Trinajstić information content (AvgIpc) is 2.64. The zero-order valence-corrected chi connectivity index (χ0v) is 17.2. The third kappa shape index (κ3) is 5.22. The van der Waals surface area contributed by atoms with Crippen LogP contribution in [0.1, 0.15) is 30.9 Å². The zero-order valence-electron chi connectivity index (χ0n) is 15.7. The van der Waals surface area contributed by atoms with E-state index in [4.69, 9.17) is 23.2 Å². The van der Waals surface area contributed by atoms with Crippen LogP contribution in [0.3, 0.4) is 0 Å². The first-order valence-corrected chi connectivity index (χ1v) is 9.92. The monoisotopic (exact) mass is 437 g/mol. The molecule has 1 amide bonds. The first kappa shape index (κ1) is 21.5. The van der Waals surface area contributed by atoms with Crippen LogP contribution >= 0.6 is 23.2 Å². The maximum Gasteiger partial charge on any atom is 0.227 e. The number of halogens is 4.